The first kappa shape index (κ1) is 69.2. The quantitative estimate of drug-likeness (QED) is 0.0627. The summed E-state index contributed by atoms with van der Waals surface area (Å²) in [6.45, 7) is 1.24. The first-order chi connectivity index (χ1) is 44.7. The lowest BCUT2D eigenvalue weighted by Crippen LogP contribution is -2.26. The molecule has 1 amide bonds. The summed E-state index contributed by atoms with van der Waals surface area (Å²) in [6, 6.07) is 29.5. The Kier molecular flexibility index (Phi) is 22.9. The normalized spacial score (nSPS) is 18.4. The van der Waals surface area contributed by atoms with Crippen molar-refractivity contribution in [2.24, 2.45) is 0 Å². The average molecular weight is 1400 g/mol. The molecule has 0 bridgehead atoms. The van der Waals surface area contributed by atoms with Crippen molar-refractivity contribution in [2.75, 3.05) is 42.7 Å². The lowest BCUT2D eigenvalue weighted by atomic mass is 10.0. The second-order valence-corrected chi connectivity index (χ2v) is 24.7. The molecule has 14 rings (SSSR count). The maximum atomic E-state index is 13.1. The lowest BCUT2D eigenvalue weighted by molar-refractivity contribution is 0.0682. The van der Waals surface area contributed by atoms with E-state index in [1.807, 2.05) is 53.4 Å². The van der Waals surface area contributed by atoms with Gasteiger partial charge in [0.25, 0.3) is 5.91 Å². The third kappa shape index (κ3) is 14.5. The number of carboxylic acid groups (broad SMARTS) is 2. The number of Topliss-reactive ketones (excluding diaryl/α,β-unsaturated/α-hetero) is 1. The van der Waals surface area contributed by atoms with Gasteiger partial charge in [0.2, 0.25) is 0 Å². The van der Waals surface area contributed by atoms with Gasteiger partial charge < -0.3 is 69.1 Å². The van der Waals surface area contributed by atoms with Crippen molar-refractivity contribution in [2.45, 2.75) is 121 Å². The van der Waals surface area contributed by atoms with Crippen molar-refractivity contribution in [1.82, 2.24) is 4.90 Å². The maximum Gasteiger partial charge on any atom is 0.339 e. The summed E-state index contributed by atoms with van der Waals surface area (Å²) in [5.41, 5.74) is 14.7. The zero-order chi connectivity index (χ0) is 66.9. The minimum Gasteiger partial charge on any atom is -0.496 e. The average Bonchev–Trinajstić information content (AvgIpc) is 1.71. The van der Waals surface area contributed by atoms with Crippen molar-refractivity contribution in [3.63, 3.8) is 0 Å². The van der Waals surface area contributed by atoms with Gasteiger partial charge in [-0.25, -0.2) is 9.59 Å². The van der Waals surface area contributed by atoms with E-state index >= 15 is 0 Å². The minimum absolute atomic E-state index is 0.0343. The molecule has 1 heterocycles. The zero-order valence-corrected chi connectivity index (χ0v) is 55.6. The molecule has 7 aromatic rings. The molecular formula is C72H75Br2NO18. The number of hydrogen-bond donors (Lipinski definition) is 7. The highest BCUT2D eigenvalue weighted by atomic mass is 79.9. The van der Waals surface area contributed by atoms with E-state index < -0.39 is 36.4 Å². The van der Waals surface area contributed by atoms with Crippen molar-refractivity contribution in [1.29, 1.82) is 0 Å². The SMILES string of the molecule is COc1c(C(=O)N2Cc3ccccc3C2)cc(Br)c2c1CCC2O.COc1c(C(=O)O)cc(Br)c2c1CCC2O.COc1c(C(=O)O)ccc2c1CCC2O.COc1c(C=O)ccc2c1CCC2O.COc1cccc2c1CCC2=O.COc1cccc2c1CCC2O. The smallest absolute Gasteiger partial charge is 0.339 e. The predicted octanol–water partition coefficient (Wildman–Crippen LogP) is 12.1. The van der Waals surface area contributed by atoms with Crippen LogP contribution >= 0.6 is 31.9 Å². The van der Waals surface area contributed by atoms with Crippen LogP contribution in [0.15, 0.2) is 106 Å². The number of ketones is 1. The topological polar surface area (TPSA) is 286 Å². The Bertz CT molecular complexity index is 3950. The van der Waals surface area contributed by atoms with Gasteiger partial charge in [0.15, 0.2) is 12.1 Å². The van der Waals surface area contributed by atoms with Crippen LogP contribution in [0.2, 0.25) is 0 Å². The number of halogens is 2. The number of aliphatic hydroxyl groups excluding tert-OH is 5. The van der Waals surface area contributed by atoms with Crippen LogP contribution in [0.25, 0.3) is 0 Å². The van der Waals surface area contributed by atoms with Gasteiger partial charge in [-0.3, -0.25) is 14.4 Å². The van der Waals surface area contributed by atoms with Gasteiger partial charge in [-0.1, -0.05) is 92.5 Å². The summed E-state index contributed by atoms with van der Waals surface area (Å²) in [5.74, 6) is 1.90. The van der Waals surface area contributed by atoms with Gasteiger partial charge in [0, 0.05) is 73.0 Å². The molecule has 5 unspecified atom stereocenters. The van der Waals surface area contributed by atoms with E-state index in [2.05, 4.69) is 44.0 Å². The van der Waals surface area contributed by atoms with E-state index in [4.69, 9.17) is 38.6 Å². The fourth-order valence-corrected chi connectivity index (χ4v) is 14.9. The second kappa shape index (κ2) is 30.7. The summed E-state index contributed by atoms with van der Waals surface area (Å²) in [6.07, 6.45) is 7.22. The Morgan fingerprint density at radius 3 is 1.39 bits per heavy atom. The number of aromatic carboxylic acids is 2. The molecule has 0 saturated heterocycles. The fourth-order valence-electron chi connectivity index (χ4n) is 13.4. The van der Waals surface area contributed by atoms with Crippen molar-refractivity contribution in [3.05, 3.63) is 206 Å². The first-order valence-corrected chi connectivity index (χ1v) is 32.0. The van der Waals surface area contributed by atoms with Crippen molar-refractivity contribution in [3.8, 4) is 34.5 Å². The number of aldehydes is 1. The van der Waals surface area contributed by atoms with Crippen LogP contribution in [0.1, 0.15) is 193 Å². The Hall–Kier alpha value is -8.15. The van der Waals surface area contributed by atoms with Crippen LogP contribution < -0.4 is 28.4 Å². The minimum atomic E-state index is -1.03. The molecule has 7 aromatic carbocycles. The Morgan fingerprint density at radius 2 is 0.882 bits per heavy atom. The van der Waals surface area contributed by atoms with Gasteiger partial charge in [0.05, 0.1) is 84.3 Å². The third-order valence-electron chi connectivity index (χ3n) is 17.9. The third-order valence-corrected chi connectivity index (χ3v) is 19.2. The largest absolute Gasteiger partial charge is 0.496 e. The number of carboxylic acids is 2. The zero-order valence-electron chi connectivity index (χ0n) is 52.4. The molecule has 0 saturated carbocycles. The van der Waals surface area contributed by atoms with E-state index in [-0.39, 0.29) is 28.9 Å². The van der Waals surface area contributed by atoms with E-state index in [9.17, 15) is 49.5 Å². The molecule has 1 aliphatic heterocycles. The van der Waals surface area contributed by atoms with Crippen molar-refractivity contribution < 1.29 is 88.1 Å². The molecule has 5 atom stereocenters. The van der Waals surface area contributed by atoms with Gasteiger partial charge >= 0.3 is 11.9 Å². The number of ether oxygens (including phenoxy) is 6. The molecule has 19 nitrogen and oxygen atoms in total. The molecule has 6 aliphatic carbocycles. The highest BCUT2D eigenvalue weighted by Crippen LogP contribution is 2.47. The maximum absolute atomic E-state index is 13.1. The number of carbonyl (C=O) groups is 5. The van der Waals surface area contributed by atoms with Crippen LogP contribution in [-0.4, -0.2) is 113 Å². The molecular weight excluding hydrogens is 1330 g/mol. The van der Waals surface area contributed by atoms with E-state index in [0.717, 1.165) is 116 Å². The van der Waals surface area contributed by atoms with E-state index in [1.54, 1.807) is 52.7 Å². The number of amides is 1. The van der Waals surface area contributed by atoms with Gasteiger partial charge in [0.1, 0.15) is 45.6 Å². The Labute approximate surface area is 555 Å². The summed E-state index contributed by atoms with van der Waals surface area (Å²) in [4.78, 5) is 58.9. The van der Waals surface area contributed by atoms with Gasteiger partial charge in [-0.05, 0) is 140 Å². The van der Waals surface area contributed by atoms with E-state index in [1.165, 1.54) is 43.0 Å². The predicted molar refractivity (Wildman–Crippen MR) is 352 cm³/mol. The van der Waals surface area contributed by atoms with Gasteiger partial charge in [-0.2, -0.15) is 0 Å². The fraction of sp³-hybridized carbons (Fsp3) is 0.347. The molecule has 7 aliphatic rings. The summed E-state index contributed by atoms with van der Waals surface area (Å²) in [7, 11) is 9.34. The highest BCUT2D eigenvalue weighted by molar-refractivity contribution is 9.10. The number of benzene rings is 7. The number of methoxy groups -OCH3 is 6. The number of carbonyl (C=O) groups excluding carboxylic acids is 3. The van der Waals surface area contributed by atoms with Crippen LogP contribution in [-0.2, 0) is 51.6 Å². The molecule has 0 spiro atoms. The van der Waals surface area contributed by atoms with Gasteiger partial charge in [-0.15, -0.1) is 0 Å². The molecule has 93 heavy (non-hydrogen) atoms. The molecule has 7 N–H and O–H groups in total. The molecule has 21 heteroatoms. The van der Waals surface area contributed by atoms with Crippen LogP contribution in [0.4, 0.5) is 0 Å². The molecule has 0 radical (unpaired) electrons. The highest BCUT2D eigenvalue weighted by Gasteiger charge is 2.35. The summed E-state index contributed by atoms with van der Waals surface area (Å²) < 4.78 is 32.8. The number of aliphatic hydroxyl groups is 5. The molecule has 490 valence electrons. The molecule has 0 fully saturated rings. The Balaban J connectivity index is 0.000000134. The molecule has 0 aromatic heterocycles. The monoisotopic (exact) mass is 1400 g/mol. The van der Waals surface area contributed by atoms with Crippen LogP contribution in [0.5, 0.6) is 34.5 Å². The van der Waals surface area contributed by atoms with Crippen molar-refractivity contribution >= 4 is 61.8 Å². The standard InChI is InChI=1S/C19H18BrNO3.C11H11BrO4.C11H12O4.C11H12O3.C10H12O2.C10H10O2/c1-24-18-13-6-7-16(22)17(13)15(20)8-14(18)19(23)21-9-11-4-2-3-5-12(11)10-21;1-16-10-5-2-3-8(13)9(5)7(12)4-6(10)11(14)15;1-15-10-7-4-5-9(12)6(7)2-3-8(10)11(13)14;1-14-11-7(6-12)2-3-8-9(11)4-5-10(8)13;2*1-12-10-4-2-3-7-8(10)5-6-9(7)11/h2-5,8,16,22H,6-7,9-10H2,1H3;4,8,13H,2-3H2,1H3,(H,14,15);2-3,9,12H,4-5H2,1H3,(H,13,14);2-3,6,10,13H,4-5H2,1H3;2-4,9,11H,5-6H2,1H3;2-4H,5-6H2,1H3. The number of fused-ring (bicyclic) bond motifs is 7. The lowest BCUT2D eigenvalue weighted by Gasteiger charge is -2.20. The van der Waals surface area contributed by atoms with Crippen LogP contribution in [0.3, 0.4) is 0 Å². The second-order valence-electron chi connectivity index (χ2n) is 23.0. The number of rotatable bonds is 10. The Morgan fingerprint density at radius 1 is 0.452 bits per heavy atom. The first-order valence-electron chi connectivity index (χ1n) is 30.4. The van der Waals surface area contributed by atoms with E-state index in [0.29, 0.717) is 96.6 Å². The summed E-state index contributed by atoms with van der Waals surface area (Å²) >= 11 is 6.81. The summed E-state index contributed by atoms with van der Waals surface area (Å²) in [5, 5.41) is 66.7. The number of hydrogen-bond acceptors (Lipinski definition) is 16. The number of nitrogens with zero attached hydrogens (tertiary/aromatic N) is 1. The van der Waals surface area contributed by atoms with Crippen LogP contribution in [0, 0.1) is 0 Å².